The number of hydrogen-bond acceptors (Lipinski definition) is 4. The number of rotatable bonds is 2. The molecule has 1 amide bonds. The predicted octanol–water partition coefficient (Wildman–Crippen LogP) is 1.10. The normalized spacial score (nSPS) is 39.2. The van der Waals surface area contributed by atoms with E-state index in [0.29, 0.717) is 24.4 Å². The molecule has 0 radical (unpaired) electrons. The molecule has 5 atom stereocenters. The molecular formula is C16H30ClN3O2. The third kappa shape index (κ3) is 3.94. The molecule has 1 saturated carbocycles. The fourth-order valence-corrected chi connectivity index (χ4v) is 4.41. The van der Waals surface area contributed by atoms with Crippen LogP contribution in [0.25, 0.3) is 0 Å². The van der Waals surface area contributed by atoms with E-state index in [0.717, 1.165) is 32.6 Å². The molecule has 22 heavy (non-hydrogen) atoms. The SMILES string of the molecule is CC1CN(C(=O)CN2CC3CCCC(N)C3C2)CC(C)O1.Cl. The van der Waals surface area contributed by atoms with Crippen molar-refractivity contribution in [1.82, 2.24) is 9.80 Å². The summed E-state index contributed by atoms with van der Waals surface area (Å²) in [6, 6.07) is 0.340. The van der Waals surface area contributed by atoms with E-state index in [1.807, 2.05) is 18.7 Å². The molecule has 3 rings (SSSR count). The minimum Gasteiger partial charge on any atom is -0.372 e. The van der Waals surface area contributed by atoms with Gasteiger partial charge in [0.1, 0.15) is 0 Å². The van der Waals surface area contributed by atoms with Crippen LogP contribution in [0.2, 0.25) is 0 Å². The number of nitrogens with two attached hydrogens (primary N) is 1. The van der Waals surface area contributed by atoms with Gasteiger partial charge in [0.2, 0.25) is 5.91 Å². The smallest absolute Gasteiger partial charge is 0.236 e. The van der Waals surface area contributed by atoms with Gasteiger partial charge in [-0.3, -0.25) is 9.69 Å². The van der Waals surface area contributed by atoms with Gasteiger partial charge in [-0.05, 0) is 38.5 Å². The second-order valence-electron chi connectivity index (χ2n) is 7.27. The monoisotopic (exact) mass is 331 g/mol. The molecule has 1 aliphatic carbocycles. The number of halogens is 1. The summed E-state index contributed by atoms with van der Waals surface area (Å²) in [5.74, 6) is 1.57. The number of amides is 1. The van der Waals surface area contributed by atoms with Crippen LogP contribution in [0.4, 0.5) is 0 Å². The fourth-order valence-electron chi connectivity index (χ4n) is 4.41. The number of ether oxygens (including phenoxy) is 1. The Morgan fingerprint density at radius 1 is 1.14 bits per heavy atom. The lowest BCUT2D eigenvalue weighted by molar-refractivity contribution is -0.144. The van der Waals surface area contributed by atoms with Crippen LogP contribution in [-0.2, 0) is 9.53 Å². The van der Waals surface area contributed by atoms with Crippen LogP contribution in [-0.4, -0.2) is 66.7 Å². The van der Waals surface area contributed by atoms with E-state index in [-0.39, 0.29) is 30.5 Å². The topological polar surface area (TPSA) is 58.8 Å². The quantitative estimate of drug-likeness (QED) is 0.823. The maximum absolute atomic E-state index is 12.5. The average Bonchev–Trinajstić information content (AvgIpc) is 2.81. The van der Waals surface area contributed by atoms with Crippen molar-refractivity contribution in [1.29, 1.82) is 0 Å². The second-order valence-corrected chi connectivity index (χ2v) is 7.27. The first-order valence-electron chi connectivity index (χ1n) is 8.44. The third-order valence-electron chi connectivity index (χ3n) is 5.36. The van der Waals surface area contributed by atoms with Crippen LogP contribution in [0, 0.1) is 11.8 Å². The molecule has 128 valence electrons. The van der Waals surface area contributed by atoms with Crippen LogP contribution in [0.3, 0.4) is 0 Å². The molecule has 2 N–H and O–H groups in total. The van der Waals surface area contributed by atoms with E-state index in [9.17, 15) is 4.79 Å². The number of carbonyl (C=O) groups is 1. The number of fused-ring (bicyclic) bond motifs is 1. The fraction of sp³-hybridized carbons (Fsp3) is 0.938. The number of hydrogen-bond donors (Lipinski definition) is 1. The van der Waals surface area contributed by atoms with E-state index in [1.54, 1.807) is 0 Å². The minimum absolute atomic E-state index is 0. The molecule has 5 unspecified atom stereocenters. The lowest BCUT2D eigenvalue weighted by Crippen LogP contribution is -2.51. The molecule has 5 nitrogen and oxygen atoms in total. The Labute approximate surface area is 139 Å². The van der Waals surface area contributed by atoms with Gasteiger partial charge in [-0.2, -0.15) is 0 Å². The van der Waals surface area contributed by atoms with E-state index in [2.05, 4.69) is 4.90 Å². The molecule has 6 heteroatoms. The Hall–Kier alpha value is -0.360. The summed E-state index contributed by atoms with van der Waals surface area (Å²) in [6.07, 6.45) is 3.98. The Morgan fingerprint density at radius 3 is 2.45 bits per heavy atom. The van der Waals surface area contributed by atoms with Crippen molar-refractivity contribution in [2.24, 2.45) is 17.6 Å². The van der Waals surface area contributed by atoms with Crippen LogP contribution in [0.15, 0.2) is 0 Å². The Kier molecular flexibility index (Phi) is 6.11. The van der Waals surface area contributed by atoms with Crippen molar-refractivity contribution < 1.29 is 9.53 Å². The maximum atomic E-state index is 12.5. The number of likely N-dealkylation sites (tertiary alicyclic amines) is 1. The maximum Gasteiger partial charge on any atom is 0.236 e. The van der Waals surface area contributed by atoms with Gasteiger partial charge >= 0.3 is 0 Å². The first kappa shape index (κ1) is 18.0. The molecule has 0 spiro atoms. The van der Waals surface area contributed by atoms with E-state index in [4.69, 9.17) is 10.5 Å². The number of nitrogens with zero attached hydrogens (tertiary/aromatic N) is 2. The van der Waals surface area contributed by atoms with Crippen LogP contribution in [0.1, 0.15) is 33.1 Å². The van der Waals surface area contributed by atoms with Gasteiger partial charge in [0.25, 0.3) is 0 Å². The third-order valence-corrected chi connectivity index (χ3v) is 5.36. The van der Waals surface area contributed by atoms with Crippen LogP contribution in [0.5, 0.6) is 0 Å². The highest BCUT2D eigenvalue weighted by Crippen LogP contribution is 2.35. The van der Waals surface area contributed by atoms with Gasteiger partial charge in [-0.15, -0.1) is 12.4 Å². The molecular weight excluding hydrogens is 302 g/mol. The standard InChI is InChI=1S/C16H29N3O2.ClH/c1-11-6-19(7-12(2)21-11)16(20)10-18-8-13-4-3-5-15(17)14(13)9-18;/h11-15H,3-10,17H2,1-2H3;1H. The van der Waals surface area contributed by atoms with Gasteiger partial charge in [0.15, 0.2) is 0 Å². The van der Waals surface area contributed by atoms with Gasteiger partial charge in [-0.1, -0.05) is 6.42 Å². The summed E-state index contributed by atoms with van der Waals surface area (Å²) < 4.78 is 5.70. The number of carbonyl (C=O) groups excluding carboxylic acids is 1. The number of morpholine rings is 1. The van der Waals surface area contributed by atoms with Crippen molar-refractivity contribution in [3.05, 3.63) is 0 Å². The zero-order valence-corrected chi connectivity index (χ0v) is 14.6. The van der Waals surface area contributed by atoms with Crippen LogP contribution >= 0.6 is 12.4 Å². The average molecular weight is 332 g/mol. The highest BCUT2D eigenvalue weighted by atomic mass is 35.5. The molecule has 2 saturated heterocycles. The minimum atomic E-state index is 0. The predicted molar refractivity (Wildman–Crippen MR) is 89.1 cm³/mol. The van der Waals surface area contributed by atoms with Gasteiger partial charge < -0.3 is 15.4 Å². The van der Waals surface area contributed by atoms with Crippen molar-refractivity contribution in [3.8, 4) is 0 Å². The largest absolute Gasteiger partial charge is 0.372 e. The zero-order chi connectivity index (χ0) is 15.0. The first-order chi connectivity index (χ1) is 10.0. The summed E-state index contributed by atoms with van der Waals surface area (Å²) in [6.45, 7) is 8.15. The Bertz CT molecular complexity index is 386. The molecule has 2 aliphatic heterocycles. The summed E-state index contributed by atoms with van der Waals surface area (Å²) in [7, 11) is 0. The van der Waals surface area contributed by atoms with Crippen molar-refractivity contribution in [2.45, 2.75) is 51.4 Å². The molecule has 2 heterocycles. The first-order valence-corrected chi connectivity index (χ1v) is 8.44. The molecule has 3 fully saturated rings. The van der Waals surface area contributed by atoms with E-state index >= 15 is 0 Å². The summed E-state index contributed by atoms with van der Waals surface area (Å²) >= 11 is 0. The Balaban J connectivity index is 0.00000176. The second kappa shape index (κ2) is 7.47. The molecule has 0 bridgehead atoms. The lowest BCUT2D eigenvalue weighted by Gasteiger charge is -2.36. The highest BCUT2D eigenvalue weighted by Gasteiger charge is 2.39. The Morgan fingerprint density at radius 2 is 1.82 bits per heavy atom. The van der Waals surface area contributed by atoms with E-state index < -0.39 is 0 Å². The summed E-state index contributed by atoms with van der Waals surface area (Å²) in [5.41, 5.74) is 6.25. The van der Waals surface area contributed by atoms with Gasteiger partial charge in [0.05, 0.1) is 18.8 Å². The lowest BCUT2D eigenvalue weighted by atomic mass is 9.78. The molecule has 0 aromatic carbocycles. The highest BCUT2D eigenvalue weighted by molar-refractivity contribution is 5.85. The molecule has 0 aromatic heterocycles. The molecule has 3 aliphatic rings. The van der Waals surface area contributed by atoms with Crippen molar-refractivity contribution >= 4 is 18.3 Å². The molecule has 0 aromatic rings. The summed E-state index contributed by atoms with van der Waals surface area (Å²) in [5, 5.41) is 0. The summed E-state index contributed by atoms with van der Waals surface area (Å²) in [4.78, 5) is 16.8. The van der Waals surface area contributed by atoms with Crippen LogP contribution < -0.4 is 5.73 Å². The van der Waals surface area contributed by atoms with Gasteiger partial charge in [-0.25, -0.2) is 0 Å². The van der Waals surface area contributed by atoms with Crippen molar-refractivity contribution in [2.75, 3.05) is 32.7 Å². The van der Waals surface area contributed by atoms with Gasteiger partial charge in [0, 0.05) is 32.2 Å². The van der Waals surface area contributed by atoms with Crippen molar-refractivity contribution in [3.63, 3.8) is 0 Å². The zero-order valence-electron chi connectivity index (χ0n) is 13.7. The van der Waals surface area contributed by atoms with E-state index in [1.165, 1.54) is 12.8 Å².